The lowest BCUT2D eigenvalue weighted by molar-refractivity contribution is -0.116. The Morgan fingerprint density at radius 2 is 1.37 bits per heavy atom. The zero-order valence-electron chi connectivity index (χ0n) is 16.9. The Morgan fingerprint density at radius 1 is 0.889 bits per heavy atom. The Balaban J connectivity index is 2.20. The van der Waals surface area contributed by atoms with Gasteiger partial charge in [0.2, 0.25) is 15.9 Å². The molecule has 0 fully saturated rings. The van der Waals surface area contributed by atoms with Crippen LogP contribution in [0.25, 0.3) is 0 Å². The molecule has 6 heteroatoms. The van der Waals surface area contributed by atoms with Crippen LogP contribution in [-0.2, 0) is 14.8 Å². The molecule has 0 heterocycles. The first kappa shape index (κ1) is 21.0. The van der Waals surface area contributed by atoms with Crippen LogP contribution in [0.2, 0.25) is 0 Å². The van der Waals surface area contributed by atoms with Gasteiger partial charge in [0, 0.05) is 18.7 Å². The number of nitrogens with zero attached hydrogens (tertiary/aromatic N) is 1. The van der Waals surface area contributed by atoms with Crippen molar-refractivity contribution in [1.82, 2.24) is 0 Å². The predicted octanol–water partition coefficient (Wildman–Crippen LogP) is 4.02. The van der Waals surface area contributed by atoms with Crippen LogP contribution in [0, 0.1) is 34.6 Å². The number of carbonyl (C=O) groups is 1. The number of benzene rings is 2. The number of rotatable bonds is 6. The maximum Gasteiger partial charge on any atom is 0.232 e. The van der Waals surface area contributed by atoms with E-state index in [-0.39, 0.29) is 18.9 Å². The topological polar surface area (TPSA) is 66.5 Å². The molecule has 0 aliphatic carbocycles. The van der Waals surface area contributed by atoms with Gasteiger partial charge in [0.25, 0.3) is 0 Å². The average Bonchev–Trinajstić information content (AvgIpc) is 2.47. The molecule has 0 saturated carbocycles. The molecular formula is C21H28N2O3S. The second-order valence-electron chi connectivity index (χ2n) is 7.26. The van der Waals surface area contributed by atoms with Crippen molar-refractivity contribution in [3.8, 4) is 0 Å². The van der Waals surface area contributed by atoms with Gasteiger partial charge in [-0.1, -0.05) is 23.8 Å². The molecule has 5 nitrogen and oxygen atoms in total. The number of anilines is 2. The summed E-state index contributed by atoms with van der Waals surface area (Å²) in [5, 5.41) is 2.86. The number of hydrogen-bond acceptors (Lipinski definition) is 3. The number of hydrogen-bond donors (Lipinski definition) is 1. The van der Waals surface area contributed by atoms with Crippen molar-refractivity contribution in [2.75, 3.05) is 22.4 Å². The van der Waals surface area contributed by atoms with Gasteiger partial charge in [0.05, 0.1) is 11.9 Å². The third kappa shape index (κ3) is 5.57. The third-order valence-corrected chi connectivity index (χ3v) is 5.50. The molecule has 0 bridgehead atoms. The zero-order valence-corrected chi connectivity index (χ0v) is 17.7. The van der Waals surface area contributed by atoms with Crippen LogP contribution in [0.4, 0.5) is 11.4 Å². The minimum absolute atomic E-state index is 0.0762. The third-order valence-electron chi connectivity index (χ3n) is 4.33. The Morgan fingerprint density at radius 3 is 1.85 bits per heavy atom. The fourth-order valence-electron chi connectivity index (χ4n) is 3.48. The number of nitrogens with one attached hydrogen (secondary N) is 1. The smallest absolute Gasteiger partial charge is 0.232 e. The van der Waals surface area contributed by atoms with Crippen LogP contribution in [0.3, 0.4) is 0 Å². The van der Waals surface area contributed by atoms with E-state index in [1.807, 2.05) is 65.0 Å². The Labute approximate surface area is 162 Å². The van der Waals surface area contributed by atoms with Crippen LogP contribution in [0.15, 0.2) is 30.3 Å². The lowest BCUT2D eigenvalue weighted by atomic mass is 10.1. The highest BCUT2D eigenvalue weighted by atomic mass is 32.2. The fraction of sp³-hybridized carbons (Fsp3) is 0.381. The summed E-state index contributed by atoms with van der Waals surface area (Å²) in [5.41, 5.74) is 6.35. The summed E-state index contributed by atoms with van der Waals surface area (Å²) >= 11 is 0. The summed E-state index contributed by atoms with van der Waals surface area (Å²) in [6, 6.07) is 9.73. The zero-order chi connectivity index (χ0) is 20.4. The standard InChI is InChI=1S/C21H28N2O3S/c1-14-9-15(2)13-19(12-14)22-20(24)7-8-23(27(6,25)26)21-17(4)10-16(3)11-18(21)5/h9-13H,7-8H2,1-6H3,(H,22,24). The summed E-state index contributed by atoms with van der Waals surface area (Å²) in [4.78, 5) is 12.4. The van der Waals surface area contributed by atoms with E-state index in [4.69, 9.17) is 0 Å². The van der Waals surface area contributed by atoms with Crippen LogP contribution in [0.5, 0.6) is 0 Å². The van der Waals surface area contributed by atoms with Crippen molar-refractivity contribution in [3.63, 3.8) is 0 Å². The van der Waals surface area contributed by atoms with Crippen molar-refractivity contribution < 1.29 is 13.2 Å². The maximum absolute atomic E-state index is 12.4. The van der Waals surface area contributed by atoms with Gasteiger partial charge in [-0.3, -0.25) is 9.10 Å². The Bertz CT molecular complexity index is 922. The van der Waals surface area contributed by atoms with E-state index in [0.29, 0.717) is 5.69 Å². The molecule has 1 N–H and O–H groups in total. The highest BCUT2D eigenvalue weighted by Crippen LogP contribution is 2.28. The molecule has 0 spiro atoms. The second-order valence-corrected chi connectivity index (χ2v) is 9.16. The van der Waals surface area contributed by atoms with Crippen LogP contribution in [0.1, 0.15) is 34.2 Å². The van der Waals surface area contributed by atoms with Gasteiger partial charge in [-0.05, 0) is 69.0 Å². The molecule has 1 amide bonds. The van der Waals surface area contributed by atoms with Crippen LogP contribution < -0.4 is 9.62 Å². The van der Waals surface area contributed by atoms with E-state index in [9.17, 15) is 13.2 Å². The monoisotopic (exact) mass is 388 g/mol. The van der Waals surface area contributed by atoms with E-state index in [0.717, 1.165) is 33.5 Å². The molecule has 146 valence electrons. The molecule has 0 saturated heterocycles. The Kier molecular flexibility index (Phi) is 6.31. The highest BCUT2D eigenvalue weighted by Gasteiger charge is 2.22. The average molecular weight is 389 g/mol. The Hall–Kier alpha value is -2.34. The molecular weight excluding hydrogens is 360 g/mol. The van der Waals surface area contributed by atoms with Gasteiger partial charge < -0.3 is 5.32 Å². The van der Waals surface area contributed by atoms with Gasteiger partial charge in [-0.15, -0.1) is 0 Å². The van der Waals surface area contributed by atoms with Crippen LogP contribution in [-0.4, -0.2) is 27.1 Å². The first-order valence-corrected chi connectivity index (χ1v) is 10.8. The molecule has 0 atom stereocenters. The largest absolute Gasteiger partial charge is 0.326 e. The van der Waals surface area contributed by atoms with E-state index in [1.165, 1.54) is 10.6 Å². The van der Waals surface area contributed by atoms with Crippen molar-refractivity contribution in [3.05, 3.63) is 58.1 Å². The summed E-state index contributed by atoms with van der Waals surface area (Å²) in [6.07, 6.45) is 1.25. The lowest BCUT2D eigenvalue weighted by Crippen LogP contribution is -2.34. The van der Waals surface area contributed by atoms with E-state index in [2.05, 4.69) is 5.32 Å². The van der Waals surface area contributed by atoms with Gasteiger partial charge in [-0.2, -0.15) is 0 Å². The van der Waals surface area contributed by atoms with Crippen molar-refractivity contribution in [2.24, 2.45) is 0 Å². The molecule has 27 heavy (non-hydrogen) atoms. The van der Waals surface area contributed by atoms with Gasteiger partial charge in [-0.25, -0.2) is 8.42 Å². The summed E-state index contributed by atoms with van der Waals surface area (Å²) in [6.45, 7) is 9.80. The molecule has 2 aromatic carbocycles. The van der Waals surface area contributed by atoms with Crippen molar-refractivity contribution in [2.45, 2.75) is 41.0 Å². The van der Waals surface area contributed by atoms with E-state index >= 15 is 0 Å². The lowest BCUT2D eigenvalue weighted by Gasteiger charge is -2.26. The number of amides is 1. The quantitative estimate of drug-likeness (QED) is 0.813. The van der Waals surface area contributed by atoms with Crippen molar-refractivity contribution >= 4 is 27.3 Å². The second kappa shape index (κ2) is 8.13. The summed E-state index contributed by atoms with van der Waals surface area (Å²) < 4.78 is 26.1. The predicted molar refractivity (Wildman–Crippen MR) is 112 cm³/mol. The number of carbonyl (C=O) groups excluding carboxylic acids is 1. The van der Waals surface area contributed by atoms with Crippen molar-refractivity contribution in [1.29, 1.82) is 0 Å². The molecule has 0 radical (unpaired) electrons. The molecule has 2 rings (SSSR count). The highest BCUT2D eigenvalue weighted by molar-refractivity contribution is 7.92. The minimum Gasteiger partial charge on any atom is -0.326 e. The SMILES string of the molecule is Cc1cc(C)cc(NC(=O)CCN(c2c(C)cc(C)cc2C)S(C)(=O)=O)c1. The molecule has 0 aliphatic rings. The number of sulfonamides is 1. The minimum atomic E-state index is -3.50. The fourth-order valence-corrected chi connectivity index (χ4v) is 4.53. The van der Waals surface area contributed by atoms with Gasteiger partial charge >= 0.3 is 0 Å². The van der Waals surface area contributed by atoms with E-state index < -0.39 is 10.0 Å². The summed E-state index contributed by atoms with van der Waals surface area (Å²) in [7, 11) is -3.50. The normalized spacial score (nSPS) is 11.3. The van der Waals surface area contributed by atoms with Gasteiger partial charge in [0.1, 0.15) is 0 Å². The first-order chi connectivity index (χ1) is 12.5. The van der Waals surface area contributed by atoms with Gasteiger partial charge in [0.15, 0.2) is 0 Å². The molecule has 0 aromatic heterocycles. The first-order valence-electron chi connectivity index (χ1n) is 8.91. The molecule has 0 unspecified atom stereocenters. The molecule has 2 aromatic rings. The van der Waals surface area contributed by atoms with Crippen LogP contribution >= 0.6 is 0 Å². The maximum atomic E-state index is 12.4. The van der Waals surface area contributed by atoms with E-state index in [1.54, 1.807) is 0 Å². The summed E-state index contributed by atoms with van der Waals surface area (Å²) in [5.74, 6) is -0.212. The number of aryl methyl sites for hydroxylation is 5. The molecule has 0 aliphatic heterocycles.